The number of hydrogen-bond acceptors (Lipinski definition) is 4. The van der Waals surface area contributed by atoms with E-state index in [1.54, 1.807) is 17.0 Å². The van der Waals surface area contributed by atoms with Crippen LogP contribution >= 0.6 is 0 Å². The lowest BCUT2D eigenvalue weighted by Gasteiger charge is -2.16. The number of rotatable bonds is 4. The van der Waals surface area contributed by atoms with Gasteiger partial charge in [0.05, 0.1) is 6.04 Å². The van der Waals surface area contributed by atoms with E-state index in [0.717, 1.165) is 11.3 Å². The Bertz CT molecular complexity index is 631. The van der Waals surface area contributed by atoms with Gasteiger partial charge in [-0.1, -0.05) is 12.1 Å². The maximum absolute atomic E-state index is 12.2. The molecule has 0 aliphatic carbocycles. The molecule has 20 heavy (non-hydrogen) atoms. The van der Waals surface area contributed by atoms with Gasteiger partial charge in [-0.15, -0.1) is 0 Å². The number of benzene rings is 1. The molecule has 0 amide bonds. The van der Waals surface area contributed by atoms with Gasteiger partial charge in [-0.2, -0.15) is 0 Å². The molecule has 1 atom stereocenters. The van der Waals surface area contributed by atoms with Gasteiger partial charge in [0.2, 0.25) is 0 Å². The molecule has 5 heteroatoms. The first-order valence-corrected chi connectivity index (χ1v) is 6.68. The first-order valence-electron chi connectivity index (χ1n) is 6.68. The van der Waals surface area contributed by atoms with Crippen molar-refractivity contribution >= 4 is 11.5 Å². The highest BCUT2D eigenvalue weighted by molar-refractivity contribution is 5.42. The van der Waals surface area contributed by atoms with Gasteiger partial charge in [-0.05, 0) is 38.5 Å². The van der Waals surface area contributed by atoms with E-state index in [0.29, 0.717) is 5.82 Å². The predicted molar refractivity (Wildman–Crippen MR) is 81.8 cm³/mol. The zero-order chi connectivity index (χ0) is 14.7. The minimum Gasteiger partial charge on any atom is -0.399 e. The van der Waals surface area contributed by atoms with Gasteiger partial charge in [0.1, 0.15) is 0 Å². The summed E-state index contributed by atoms with van der Waals surface area (Å²) in [6, 6.07) is 7.67. The molecule has 0 bridgehead atoms. The van der Waals surface area contributed by atoms with E-state index in [1.165, 1.54) is 0 Å². The Hall–Kier alpha value is -2.30. The molecule has 1 unspecified atom stereocenters. The summed E-state index contributed by atoms with van der Waals surface area (Å²) in [5.41, 5.74) is 7.34. The lowest BCUT2D eigenvalue weighted by atomic mass is 10.1. The third kappa shape index (κ3) is 2.99. The first-order chi connectivity index (χ1) is 9.49. The largest absolute Gasteiger partial charge is 0.399 e. The Kier molecular flexibility index (Phi) is 4.08. The second-order valence-corrected chi connectivity index (χ2v) is 5.11. The second kappa shape index (κ2) is 5.77. The first kappa shape index (κ1) is 14.1. The highest BCUT2D eigenvalue weighted by atomic mass is 16.1. The number of hydrogen-bond donors (Lipinski definition) is 2. The molecule has 0 spiro atoms. The number of nitrogens with one attached hydrogen (secondary N) is 1. The van der Waals surface area contributed by atoms with Gasteiger partial charge in [-0.3, -0.25) is 4.79 Å². The molecule has 0 saturated carbocycles. The van der Waals surface area contributed by atoms with Crippen LogP contribution in [0.3, 0.4) is 0 Å². The van der Waals surface area contributed by atoms with Crippen LogP contribution in [0.25, 0.3) is 0 Å². The van der Waals surface area contributed by atoms with E-state index in [9.17, 15) is 4.79 Å². The molecule has 5 nitrogen and oxygen atoms in total. The molecule has 1 aromatic carbocycles. The van der Waals surface area contributed by atoms with Crippen LogP contribution in [0.1, 0.15) is 38.4 Å². The molecule has 1 heterocycles. The van der Waals surface area contributed by atoms with E-state index in [4.69, 9.17) is 5.73 Å². The third-order valence-corrected chi connectivity index (χ3v) is 3.21. The highest BCUT2D eigenvalue weighted by Gasteiger charge is 2.11. The van der Waals surface area contributed by atoms with Crippen LogP contribution in [-0.4, -0.2) is 9.55 Å². The molecule has 106 valence electrons. The molecule has 0 radical (unpaired) electrons. The van der Waals surface area contributed by atoms with Crippen LogP contribution in [-0.2, 0) is 0 Å². The van der Waals surface area contributed by atoms with Gasteiger partial charge in [0.25, 0.3) is 5.56 Å². The van der Waals surface area contributed by atoms with Crippen molar-refractivity contribution in [2.75, 3.05) is 11.1 Å². The van der Waals surface area contributed by atoms with Crippen molar-refractivity contribution in [1.29, 1.82) is 0 Å². The van der Waals surface area contributed by atoms with E-state index >= 15 is 0 Å². The summed E-state index contributed by atoms with van der Waals surface area (Å²) in [6.07, 6.45) is 3.34. The Labute approximate surface area is 118 Å². The van der Waals surface area contributed by atoms with Crippen LogP contribution in [0.15, 0.2) is 41.5 Å². The molecule has 0 aliphatic rings. The number of nitrogen functional groups attached to an aromatic ring is 1. The van der Waals surface area contributed by atoms with Crippen molar-refractivity contribution in [3.8, 4) is 0 Å². The normalized spacial score (nSPS) is 12.4. The zero-order valence-electron chi connectivity index (χ0n) is 12.0. The standard InChI is InChI=1S/C15H20N4O/c1-10(2)19-9-8-17-14(15(19)20)18-11(3)12-4-6-13(16)7-5-12/h4-11H,16H2,1-3H3,(H,17,18). The summed E-state index contributed by atoms with van der Waals surface area (Å²) < 4.78 is 1.66. The van der Waals surface area contributed by atoms with Crippen molar-refractivity contribution < 1.29 is 0 Å². The third-order valence-electron chi connectivity index (χ3n) is 3.21. The molecular weight excluding hydrogens is 252 g/mol. The van der Waals surface area contributed by atoms with Gasteiger partial charge in [0.15, 0.2) is 5.82 Å². The minimum absolute atomic E-state index is 0.0150. The summed E-state index contributed by atoms with van der Waals surface area (Å²) in [5.74, 6) is 0.366. The van der Waals surface area contributed by atoms with Crippen LogP contribution < -0.4 is 16.6 Å². The smallest absolute Gasteiger partial charge is 0.293 e. The summed E-state index contributed by atoms with van der Waals surface area (Å²) in [4.78, 5) is 16.4. The Morgan fingerprint density at radius 2 is 1.85 bits per heavy atom. The Morgan fingerprint density at radius 3 is 2.45 bits per heavy atom. The number of nitrogens with zero attached hydrogens (tertiary/aromatic N) is 2. The highest BCUT2D eigenvalue weighted by Crippen LogP contribution is 2.17. The molecule has 1 aromatic heterocycles. The minimum atomic E-state index is -0.107. The van der Waals surface area contributed by atoms with Crippen LogP contribution in [0.2, 0.25) is 0 Å². The number of nitrogens with two attached hydrogens (primary N) is 1. The second-order valence-electron chi connectivity index (χ2n) is 5.11. The maximum Gasteiger partial charge on any atom is 0.293 e. The average Bonchev–Trinajstić information content (AvgIpc) is 2.41. The van der Waals surface area contributed by atoms with Crippen LogP contribution in [0.4, 0.5) is 11.5 Å². The maximum atomic E-state index is 12.2. The van der Waals surface area contributed by atoms with E-state index in [1.807, 2.05) is 45.0 Å². The molecule has 2 rings (SSSR count). The monoisotopic (exact) mass is 272 g/mol. The van der Waals surface area contributed by atoms with Gasteiger partial charge < -0.3 is 15.6 Å². The van der Waals surface area contributed by atoms with Crippen LogP contribution in [0.5, 0.6) is 0 Å². The van der Waals surface area contributed by atoms with Gasteiger partial charge in [0, 0.05) is 24.1 Å². The van der Waals surface area contributed by atoms with Crippen molar-refractivity contribution in [3.05, 3.63) is 52.6 Å². The summed E-state index contributed by atoms with van der Waals surface area (Å²) in [6.45, 7) is 5.92. The molecule has 0 fully saturated rings. The molecule has 0 aliphatic heterocycles. The molecular formula is C15H20N4O. The zero-order valence-corrected chi connectivity index (χ0v) is 12.0. The van der Waals surface area contributed by atoms with Crippen molar-refractivity contribution in [1.82, 2.24) is 9.55 Å². The van der Waals surface area contributed by atoms with E-state index in [-0.39, 0.29) is 17.6 Å². The summed E-state index contributed by atoms with van der Waals surface area (Å²) in [7, 11) is 0. The van der Waals surface area contributed by atoms with Crippen LogP contribution in [0, 0.1) is 0 Å². The SMILES string of the molecule is CC(Nc1nccn(C(C)C)c1=O)c1ccc(N)cc1. The predicted octanol–water partition coefficient (Wildman–Crippen LogP) is 2.58. The molecule has 0 saturated heterocycles. The van der Waals surface area contributed by atoms with Gasteiger partial charge in [-0.25, -0.2) is 4.98 Å². The fourth-order valence-corrected chi connectivity index (χ4v) is 2.00. The summed E-state index contributed by atoms with van der Waals surface area (Å²) in [5, 5.41) is 3.16. The lowest BCUT2D eigenvalue weighted by molar-refractivity contribution is 0.574. The van der Waals surface area contributed by atoms with E-state index < -0.39 is 0 Å². The van der Waals surface area contributed by atoms with Crippen molar-refractivity contribution in [2.45, 2.75) is 32.9 Å². The van der Waals surface area contributed by atoms with E-state index in [2.05, 4.69) is 10.3 Å². The number of anilines is 2. The average molecular weight is 272 g/mol. The summed E-state index contributed by atoms with van der Waals surface area (Å²) >= 11 is 0. The molecule has 3 N–H and O–H groups in total. The Morgan fingerprint density at radius 1 is 1.20 bits per heavy atom. The topological polar surface area (TPSA) is 72.9 Å². The lowest BCUT2D eigenvalue weighted by Crippen LogP contribution is -2.26. The van der Waals surface area contributed by atoms with Gasteiger partial charge >= 0.3 is 0 Å². The fourth-order valence-electron chi connectivity index (χ4n) is 2.00. The number of aromatic nitrogens is 2. The van der Waals surface area contributed by atoms with Crippen molar-refractivity contribution in [3.63, 3.8) is 0 Å². The van der Waals surface area contributed by atoms with Crippen molar-refractivity contribution in [2.24, 2.45) is 0 Å². The molecule has 2 aromatic rings. The quantitative estimate of drug-likeness (QED) is 0.839. The fraction of sp³-hybridized carbons (Fsp3) is 0.333. The Balaban J connectivity index is 2.24.